The first-order valence-corrected chi connectivity index (χ1v) is 11.4. The number of carbonyl (C=O) groups is 2. The molecule has 1 fully saturated rings. The monoisotopic (exact) mass is 497 g/mol. The quantitative estimate of drug-likeness (QED) is 0.489. The number of nitrogens with zero attached hydrogens (tertiary/aromatic N) is 2. The van der Waals surface area contributed by atoms with Gasteiger partial charge in [-0.15, -0.1) is 0 Å². The summed E-state index contributed by atoms with van der Waals surface area (Å²) in [6, 6.07) is 16.9. The maximum atomic E-state index is 14.0. The Morgan fingerprint density at radius 3 is 2.43 bits per heavy atom. The Morgan fingerprint density at radius 2 is 1.71 bits per heavy atom. The Kier molecular flexibility index (Phi) is 7.31. The van der Waals surface area contributed by atoms with Gasteiger partial charge in [-0.25, -0.2) is 13.8 Å². The average Bonchev–Trinajstić information content (AvgIpc) is 3.15. The molecule has 1 N–H and O–H groups in total. The molecule has 1 saturated heterocycles. The van der Waals surface area contributed by atoms with E-state index in [1.54, 1.807) is 48.5 Å². The first-order chi connectivity index (χ1) is 16.9. The van der Waals surface area contributed by atoms with Crippen LogP contribution in [0.3, 0.4) is 0 Å². The second-order valence-electron chi connectivity index (χ2n) is 7.39. The number of rotatable bonds is 7. The van der Waals surface area contributed by atoms with Gasteiger partial charge in [0, 0.05) is 12.5 Å². The molecule has 0 saturated carbocycles. The van der Waals surface area contributed by atoms with Crippen LogP contribution in [0.25, 0.3) is 0 Å². The van der Waals surface area contributed by atoms with Crippen molar-refractivity contribution >= 4 is 45.8 Å². The highest BCUT2D eigenvalue weighted by atomic mass is 32.2. The SMILES string of the molecule is COc1ccccc1N=C1S[C@@H](CC(=O)Nc2ccc(F)cc2F)C(=O)N1c1ccccc1OC. The van der Waals surface area contributed by atoms with E-state index < -0.39 is 22.8 Å². The van der Waals surface area contributed by atoms with E-state index in [4.69, 9.17) is 9.47 Å². The molecule has 10 heteroatoms. The first kappa shape index (κ1) is 24.2. The molecular formula is C25H21F2N3O4S. The molecular weight excluding hydrogens is 476 g/mol. The van der Waals surface area contributed by atoms with Crippen LogP contribution in [-0.2, 0) is 9.59 Å². The molecule has 3 aromatic rings. The minimum Gasteiger partial charge on any atom is -0.495 e. The highest BCUT2D eigenvalue weighted by molar-refractivity contribution is 8.16. The van der Waals surface area contributed by atoms with E-state index in [-0.39, 0.29) is 18.0 Å². The predicted molar refractivity (Wildman–Crippen MR) is 132 cm³/mol. The number of methoxy groups -OCH3 is 2. The van der Waals surface area contributed by atoms with Gasteiger partial charge in [0.05, 0.1) is 25.6 Å². The van der Waals surface area contributed by atoms with Crippen LogP contribution in [0.1, 0.15) is 6.42 Å². The smallest absolute Gasteiger partial charge is 0.247 e. The first-order valence-electron chi connectivity index (χ1n) is 10.5. The van der Waals surface area contributed by atoms with E-state index in [2.05, 4.69) is 10.3 Å². The van der Waals surface area contributed by atoms with Gasteiger partial charge in [0.2, 0.25) is 11.8 Å². The number of halogens is 2. The lowest BCUT2D eigenvalue weighted by Gasteiger charge is -2.19. The Bertz CT molecular complexity index is 1300. The molecule has 7 nitrogen and oxygen atoms in total. The third-order valence-electron chi connectivity index (χ3n) is 5.14. The van der Waals surface area contributed by atoms with Crippen LogP contribution in [0.5, 0.6) is 11.5 Å². The molecule has 0 radical (unpaired) electrons. The Morgan fingerprint density at radius 1 is 1.03 bits per heavy atom. The van der Waals surface area contributed by atoms with Crippen LogP contribution in [0, 0.1) is 11.6 Å². The lowest BCUT2D eigenvalue weighted by atomic mass is 10.2. The van der Waals surface area contributed by atoms with Gasteiger partial charge in [-0.2, -0.15) is 0 Å². The molecule has 0 spiro atoms. The Labute approximate surface area is 204 Å². The molecule has 1 aliphatic rings. The zero-order valence-corrected chi connectivity index (χ0v) is 19.6. The van der Waals surface area contributed by atoms with Crippen LogP contribution in [0.2, 0.25) is 0 Å². The van der Waals surface area contributed by atoms with E-state index in [1.807, 2.05) is 0 Å². The van der Waals surface area contributed by atoms with E-state index in [1.165, 1.54) is 19.1 Å². The van der Waals surface area contributed by atoms with Crippen LogP contribution in [-0.4, -0.2) is 36.5 Å². The summed E-state index contributed by atoms with van der Waals surface area (Å²) < 4.78 is 37.9. The molecule has 2 amide bonds. The summed E-state index contributed by atoms with van der Waals surface area (Å²) in [6.07, 6.45) is -0.253. The van der Waals surface area contributed by atoms with Crippen molar-refractivity contribution in [2.75, 3.05) is 24.4 Å². The van der Waals surface area contributed by atoms with Crippen LogP contribution in [0.4, 0.5) is 25.8 Å². The average molecular weight is 498 g/mol. The largest absolute Gasteiger partial charge is 0.495 e. The van der Waals surface area contributed by atoms with Crippen LogP contribution in [0.15, 0.2) is 71.7 Å². The van der Waals surface area contributed by atoms with Crippen molar-refractivity contribution in [3.8, 4) is 11.5 Å². The summed E-state index contributed by atoms with van der Waals surface area (Å²) in [5, 5.41) is 1.89. The maximum Gasteiger partial charge on any atom is 0.247 e. The van der Waals surface area contributed by atoms with Gasteiger partial charge >= 0.3 is 0 Å². The van der Waals surface area contributed by atoms with Crippen molar-refractivity contribution in [2.24, 2.45) is 4.99 Å². The van der Waals surface area contributed by atoms with Crippen molar-refractivity contribution in [1.82, 2.24) is 0 Å². The molecule has 1 aliphatic heterocycles. The van der Waals surface area contributed by atoms with Gasteiger partial charge in [-0.05, 0) is 36.4 Å². The number of para-hydroxylation sites is 4. The standard InChI is InChI=1S/C25H21F2N3O4S/c1-33-20-9-5-3-7-18(20)29-25-30(19-8-4-6-10-21(19)34-2)24(32)22(35-25)14-23(31)28-17-12-11-15(26)13-16(17)27/h3-13,22H,14H2,1-2H3,(H,28,31)/t22-/m0/s1. The highest BCUT2D eigenvalue weighted by Crippen LogP contribution is 2.40. The summed E-state index contributed by atoms with van der Waals surface area (Å²) in [4.78, 5) is 32.1. The number of benzene rings is 3. The normalized spacial score (nSPS) is 16.5. The number of aliphatic imine (C=N–C) groups is 1. The fourth-order valence-electron chi connectivity index (χ4n) is 3.50. The summed E-state index contributed by atoms with van der Waals surface area (Å²) in [5.74, 6) is -1.68. The van der Waals surface area contributed by atoms with E-state index in [0.29, 0.717) is 34.1 Å². The summed E-state index contributed by atoms with van der Waals surface area (Å²) in [7, 11) is 3.01. The van der Waals surface area contributed by atoms with Crippen molar-refractivity contribution in [2.45, 2.75) is 11.7 Å². The topological polar surface area (TPSA) is 80.2 Å². The third-order valence-corrected chi connectivity index (χ3v) is 6.28. The zero-order valence-electron chi connectivity index (χ0n) is 18.8. The summed E-state index contributed by atoms with van der Waals surface area (Å²) in [5.41, 5.74) is 0.800. The minimum absolute atomic E-state index is 0.170. The Balaban J connectivity index is 1.65. The number of nitrogens with one attached hydrogen (secondary N) is 1. The van der Waals surface area contributed by atoms with Crippen molar-refractivity contribution in [1.29, 1.82) is 0 Å². The number of thioether (sulfide) groups is 1. The van der Waals surface area contributed by atoms with E-state index >= 15 is 0 Å². The number of anilines is 2. The second kappa shape index (κ2) is 10.6. The lowest BCUT2D eigenvalue weighted by Crippen LogP contribution is -2.33. The van der Waals surface area contributed by atoms with Gasteiger partial charge < -0.3 is 14.8 Å². The number of carbonyl (C=O) groups excluding carboxylic acids is 2. The zero-order chi connectivity index (χ0) is 24.9. The molecule has 1 atom stereocenters. The number of amides is 2. The fourth-order valence-corrected chi connectivity index (χ4v) is 4.64. The molecule has 35 heavy (non-hydrogen) atoms. The number of hydrogen-bond acceptors (Lipinski definition) is 6. The van der Waals surface area contributed by atoms with Gasteiger partial charge in [0.25, 0.3) is 0 Å². The summed E-state index contributed by atoms with van der Waals surface area (Å²) in [6.45, 7) is 0. The van der Waals surface area contributed by atoms with Gasteiger partial charge in [0.15, 0.2) is 5.17 Å². The molecule has 0 aromatic heterocycles. The molecule has 0 unspecified atom stereocenters. The summed E-state index contributed by atoms with van der Waals surface area (Å²) >= 11 is 1.10. The number of ether oxygens (including phenoxy) is 2. The van der Waals surface area contributed by atoms with Gasteiger partial charge in [-0.3, -0.25) is 14.5 Å². The van der Waals surface area contributed by atoms with Crippen LogP contribution < -0.4 is 19.7 Å². The molecule has 0 bridgehead atoms. The number of hydrogen-bond donors (Lipinski definition) is 1. The lowest BCUT2D eigenvalue weighted by molar-refractivity contribution is -0.121. The molecule has 180 valence electrons. The van der Waals surface area contributed by atoms with Crippen LogP contribution >= 0.6 is 11.8 Å². The van der Waals surface area contributed by atoms with Gasteiger partial charge in [-0.1, -0.05) is 36.0 Å². The molecule has 1 heterocycles. The van der Waals surface area contributed by atoms with Crippen molar-refractivity contribution < 1.29 is 27.8 Å². The van der Waals surface area contributed by atoms with Crippen molar-refractivity contribution in [3.63, 3.8) is 0 Å². The highest BCUT2D eigenvalue weighted by Gasteiger charge is 2.41. The Hall–Kier alpha value is -3.92. The molecule has 3 aromatic carbocycles. The van der Waals surface area contributed by atoms with Crippen molar-refractivity contribution in [3.05, 3.63) is 78.4 Å². The maximum absolute atomic E-state index is 14.0. The second-order valence-corrected chi connectivity index (χ2v) is 8.56. The molecule has 4 rings (SSSR count). The third kappa shape index (κ3) is 5.27. The van der Waals surface area contributed by atoms with E-state index in [9.17, 15) is 18.4 Å². The molecule has 0 aliphatic carbocycles. The minimum atomic E-state index is -0.905. The number of amidine groups is 1. The van der Waals surface area contributed by atoms with Gasteiger partial charge in [0.1, 0.15) is 34.1 Å². The van der Waals surface area contributed by atoms with E-state index in [0.717, 1.165) is 23.9 Å². The predicted octanol–water partition coefficient (Wildman–Crippen LogP) is 5.15. The fraction of sp³-hybridized carbons (Fsp3) is 0.160.